The summed E-state index contributed by atoms with van der Waals surface area (Å²) in [5.41, 5.74) is 7.67. The number of rotatable bonds is 3. The molecule has 1 aromatic heterocycles. The molecule has 2 saturated heterocycles. The van der Waals surface area contributed by atoms with Gasteiger partial charge in [0, 0.05) is 11.0 Å². The number of nitrogens with zero attached hydrogens (tertiary/aromatic N) is 4. The molecule has 11 heteroatoms. The lowest BCUT2D eigenvalue weighted by Gasteiger charge is -2.39. The molecule has 0 bridgehead atoms. The third kappa shape index (κ3) is 3.70. The summed E-state index contributed by atoms with van der Waals surface area (Å²) >= 11 is 0. The molecule has 0 radical (unpaired) electrons. The van der Waals surface area contributed by atoms with Crippen molar-refractivity contribution < 1.29 is 32.1 Å². The van der Waals surface area contributed by atoms with Gasteiger partial charge in [-0.05, 0) is 32.4 Å². The summed E-state index contributed by atoms with van der Waals surface area (Å²) in [4.78, 5) is 6.18. The van der Waals surface area contributed by atoms with Crippen molar-refractivity contribution in [3.63, 3.8) is 0 Å². The largest absolute Gasteiger partial charge is 0.469 e. The van der Waals surface area contributed by atoms with Crippen LogP contribution in [0.5, 0.6) is 5.88 Å². The van der Waals surface area contributed by atoms with Gasteiger partial charge >= 0.3 is 6.18 Å². The van der Waals surface area contributed by atoms with Crippen LogP contribution in [0.15, 0.2) is 23.3 Å². The molecule has 0 aromatic carbocycles. The van der Waals surface area contributed by atoms with E-state index in [2.05, 4.69) is 15.0 Å². The average Bonchev–Trinajstić information content (AvgIpc) is 2.87. The first-order valence-electron chi connectivity index (χ1n) is 7.87. The van der Waals surface area contributed by atoms with Gasteiger partial charge in [0.15, 0.2) is 18.1 Å². The number of hydrogen-bond donors (Lipinski definition) is 0. The van der Waals surface area contributed by atoms with Crippen molar-refractivity contribution in [3.05, 3.63) is 34.3 Å². The second kappa shape index (κ2) is 6.58. The minimum absolute atomic E-state index is 0.284. The number of aromatic nitrogens is 1. The normalized spacial score (nSPS) is 33.2. The van der Waals surface area contributed by atoms with Crippen LogP contribution in [0.2, 0.25) is 0 Å². The number of azide groups is 1. The Kier molecular flexibility index (Phi) is 4.74. The quantitative estimate of drug-likeness (QED) is 0.459. The highest BCUT2D eigenvalue weighted by molar-refractivity contribution is 5.18. The third-order valence-electron chi connectivity index (χ3n) is 4.02. The van der Waals surface area contributed by atoms with Crippen molar-refractivity contribution in [2.75, 3.05) is 0 Å². The zero-order chi connectivity index (χ0) is 19.1. The molecule has 0 saturated carbocycles. The lowest BCUT2D eigenvalue weighted by atomic mass is 9.99. The van der Waals surface area contributed by atoms with Gasteiger partial charge in [-0.2, -0.15) is 13.2 Å². The highest BCUT2D eigenvalue weighted by Crippen LogP contribution is 2.39. The SMILES string of the molecule is C[C@H]1O[C@@H](N=[N+]=[N-])C(Oc2cccc(C(F)(F)F)n2)[C@H]2OC(C)(C)O[C@H]21. The topological polar surface area (TPSA) is 98.6 Å². The first-order chi connectivity index (χ1) is 12.1. The number of ether oxygens (including phenoxy) is 4. The van der Waals surface area contributed by atoms with Gasteiger partial charge in [-0.3, -0.25) is 0 Å². The van der Waals surface area contributed by atoms with Crippen molar-refractivity contribution in [2.45, 2.75) is 63.4 Å². The number of pyridine rings is 1. The van der Waals surface area contributed by atoms with Crippen LogP contribution in [0.25, 0.3) is 10.4 Å². The fourth-order valence-corrected chi connectivity index (χ4v) is 3.02. The molecule has 1 unspecified atom stereocenters. The Morgan fingerprint density at radius 3 is 2.62 bits per heavy atom. The van der Waals surface area contributed by atoms with Crippen LogP contribution < -0.4 is 4.74 Å². The van der Waals surface area contributed by atoms with Crippen molar-refractivity contribution in [3.8, 4) is 5.88 Å². The van der Waals surface area contributed by atoms with Crippen molar-refractivity contribution in [1.29, 1.82) is 0 Å². The minimum Gasteiger partial charge on any atom is -0.469 e. The molecule has 3 rings (SSSR count). The van der Waals surface area contributed by atoms with E-state index in [0.29, 0.717) is 0 Å². The fraction of sp³-hybridized carbons (Fsp3) is 0.667. The van der Waals surface area contributed by atoms with Gasteiger partial charge in [0.25, 0.3) is 0 Å². The Hall–Kier alpha value is -2.07. The van der Waals surface area contributed by atoms with Crippen LogP contribution in [0.1, 0.15) is 26.5 Å². The van der Waals surface area contributed by atoms with Gasteiger partial charge in [-0.25, -0.2) is 4.98 Å². The monoisotopic (exact) mass is 374 g/mol. The van der Waals surface area contributed by atoms with Gasteiger partial charge in [-0.15, -0.1) is 0 Å². The summed E-state index contributed by atoms with van der Waals surface area (Å²) in [5, 5.41) is 3.54. The zero-order valence-electron chi connectivity index (χ0n) is 14.2. The van der Waals surface area contributed by atoms with E-state index in [-0.39, 0.29) is 5.88 Å². The average molecular weight is 374 g/mol. The maximum atomic E-state index is 12.9. The molecule has 2 aliphatic heterocycles. The summed E-state index contributed by atoms with van der Waals surface area (Å²) in [5.74, 6) is -1.23. The van der Waals surface area contributed by atoms with E-state index < -0.39 is 48.3 Å². The lowest BCUT2D eigenvalue weighted by molar-refractivity contribution is -0.172. The van der Waals surface area contributed by atoms with E-state index >= 15 is 0 Å². The molecule has 26 heavy (non-hydrogen) atoms. The summed E-state index contributed by atoms with van der Waals surface area (Å²) in [6.07, 6.45) is -8.45. The molecule has 142 valence electrons. The smallest absolute Gasteiger partial charge is 0.433 e. The molecule has 3 heterocycles. The van der Waals surface area contributed by atoms with Crippen LogP contribution in [0.4, 0.5) is 13.2 Å². The number of hydrogen-bond acceptors (Lipinski definition) is 6. The molecule has 8 nitrogen and oxygen atoms in total. The fourth-order valence-electron chi connectivity index (χ4n) is 3.02. The summed E-state index contributed by atoms with van der Waals surface area (Å²) < 4.78 is 61.4. The van der Waals surface area contributed by atoms with E-state index in [4.69, 9.17) is 24.5 Å². The first-order valence-corrected chi connectivity index (χ1v) is 7.87. The molecule has 0 aliphatic carbocycles. The van der Waals surface area contributed by atoms with Gasteiger partial charge < -0.3 is 18.9 Å². The van der Waals surface area contributed by atoms with Gasteiger partial charge in [-0.1, -0.05) is 11.2 Å². The Balaban J connectivity index is 1.91. The number of alkyl halides is 3. The van der Waals surface area contributed by atoms with Crippen molar-refractivity contribution in [2.24, 2.45) is 5.11 Å². The Labute approximate surface area is 146 Å². The van der Waals surface area contributed by atoms with Crippen molar-refractivity contribution in [1.82, 2.24) is 4.98 Å². The molecule has 2 aliphatic rings. The molecule has 0 N–H and O–H groups in total. The standard InChI is InChI=1S/C15H17F3N4O4/c1-7-10-11(26-14(2,3)25-10)12(13(23-7)21-22-19)24-9-6-4-5-8(20-9)15(16,17)18/h4-7,10-13H,1-3H3/t7-,10+,11+,12?,13-/m1/s1. The third-order valence-corrected chi connectivity index (χ3v) is 4.02. The van der Waals surface area contributed by atoms with Gasteiger partial charge in [0.1, 0.15) is 17.9 Å². The van der Waals surface area contributed by atoms with E-state index in [1.807, 2.05) is 0 Å². The minimum atomic E-state index is -4.61. The van der Waals surface area contributed by atoms with Gasteiger partial charge in [0.2, 0.25) is 5.88 Å². The zero-order valence-corrected chi connectivity index (χ0v) is 14.2. The van der Waals surface area contributed by atoms with E-state index in [9.17, 15) is 13.2 Å². The number of halogens is 3. The highest BCUT2D eigenvalue weighted by Gasteiger charge is 2.55. The van der Waals surface area contributed by atoms with Crippen LogP contribution in [-0.4, -0.2) is 41.4 Å². The van der Waals surface area contributed by atoms with Crippen LogP contribution in [0.3, 0.4) is 0 Å². The van der Waals surface area contributed by atoms with Gasteiger partial charge in [0.05, 0.1) is 6.10 Å². The second-order valence-electron chi connectivity index (χ2n) is 6.44. The molecular formula is C15H17F3N4O4. The molecule has 5 atom stereocenters. The molecule has 0 amide bonds. The van der Waals surface area contributed by atoms with E-state index in [1.54, 1.807) is 20.8 Å². The number of fused-ring (bicyclic) bond motifs is 1. The summed E-state index contributed by atoms with van der Waals surface area (Å²) in [6, 6.07) is 3.28. The highest BCUT2D eigenvalue weighted by atomic mass is 19.4. The first kappa shape index (κ1) is 18.7. The Morgan fingerprint density at radius 1 is 1.27 bits per heavy atom. The lowest BCUT2D eigenvalue weighted by Crippen LogP contribution is -2.56. The van der Waals surface area contributed by atoms with E-state index in [0.717, 1.165) is 6.07 Å². The molecule has 0 spiro atoms. The molecular weight excluding hydrogens is 357 g/mol. The van der Waals surface area contributed by atoms with Crippen LogP contribution in [0, 0.1) is 0 Å². The Bertz CT molecular complexity index is 723. The van der Waals surface area contributed by atoms with Crippen molar-refractivity contribution >= 4 is 0 Å². The maximum absolute atomic E-state index is 12.9. The summed E-state index contributed by atoms with van der Waals surface area (Å²) in [6.45, 7) is 5.11. The predicted octanol–water partition coefficient (Wildman–Crippen LogP) is 3.42. The van der Waals surface area contributed by atoms with E-state index in [1.165, 1.54) is 12.1 Å². The predicted molar refractivity (Wildman–Crippen MR) is 81.0 cm³/mol. The Morgan fingerprint density at radius 2 is 1.96 bits per heavy atom. The molecule has 1 aromatic rings. The second-order valence-corrected chi connectivity index (χ2v) is 6.44. The van der Waals surface area contributed by atoms with Crippen LogP contribution in [-0.2, 0) is 20.4 Å². The molecule has 2 fully saturated rings. The maximum Gasteiger partial charge on any atom is 0.433 e. The van der Waals surface area contributed by atoms with Crippen LogP contribution >= 0.6 is 0 Å². The summed E-state index contributed by atoms with van der Waals surface area (Å²) in [7, 11) is 0.